The van der Waals surface area contributed by atoms with Gasteiger partial charge >= 0.3 is 0 Å². The minimum absolute atomic E-state index is 0.0549. The number of phenolic OH excluding ortho intramolecular Hbond substituents is 1. The Morgan fingerprint density at radius 1 is 1.20 bits per heavy atom. The van der Waals surface area contributed by atoms with E-state index >= 15 is 0 Å². The highest BCUT2D eigenvalue weighted by Crippen LogP contribution is 2.24. The van der Waals surface area contributed by atoms with Crippen LogP contribution in [0.15, 0.2) is 48.7 Å². The Hall–Kier alpha value is -3.68. The molecule has 1 aromatic heterocycles. The van der Waals surface area contributed by atoms with Gasteiger partial charge in [0, 0.05) is 23.4 Å². The van der Waals surface area contributed by atoms with E-state index < -0.39 is 11.9 Å². The first-order valence-electron chi connectivity index (χ1n) is 9.54. The number of carbonyl (C=O) groups excluding carboxylic acids is 2. The van der Waals surface area contributed by atoms with E-state index in [9.17, 15) is 19.1 Å². The summed E-state index contributed by atoms with van der Waals surface area (Å²) in [5.74, 6) is -1.19. The first kappa shape index (κ1) is 21.0. The summed E-state index contributed by atoms with van der Waals surface area (Å²) in [7, 11) is 0. The molecule has 0 saturated heterocycles. The molecule has 0 aliphatic carbocycles. The van der Waals surface area contributed by atoms with E-state index in [0.29, 0.717) is 17.8 Å². The second-order valence-electron chi connectivity index (χ2n) is 6.90. The molecule has 1 unspecified atom stereocenters. The molecule has 8 heteroatoms. The number of aromatic hydroxyl groups is 1. The lowest BCUT2D eigenvalue weighted by atomic mass is 10.1. The molecule has 0 aliphatic heterocycles. The third-order valence-electron chi connectivity index (χ3n) is 4.78. The summed E-state index contributed by atoms with van der Waals surface area (Å²) in [5, 5.41) is 19.9. The van der Waals surface area contributed by atoms with Gasteiger partial charge in [-0.1, -0.05) is 6.92 Å². The number of carbonyl (C=O) groups is 2. The average molecular weight is 410 g/mol. The van der Waals surface area contributed by atoms with E-state index in [0.717, 1.165) is 11.3 Å². The lowest BCUT2D eigenvalue weighted by Crippen LogP contribution is -2.27. The van der Waals surface area contributed by atoms with Crippen LogP contribution >= 0.6 is 0 Å². The number of rotatable bonds is 6. The molecule has 3 rings (SSSR count). The fraction of sp³-hybridized carbons (Fsp3) is 0.227. The van der Waals surface area contributed by atoms with E-state index in [2.05, 4.69) is 15.7 Å². The number of anilines is 1. The molecule has 7 nitrogen and oxygen atoms in total. The Morgan fingerprint density at radius 3 is 2.57 bits per heavy atom. The maximum atomic E-state index is 13.2. The number of aromatic nitrogens is 2. The molecular formula is C22H23FN4O3. The van der Waals surface area contributed by atoms with Gasteiger partial charge < -0.3 is 15.7 Å². The average Bonchev–Trinajstić information content (AvgIpc) is 3.11. The van der Waals surface area contributed by atoms with Gasteiger partial charge in [-0.3, -0.25) is 9.59 Å². The van der Waals surface area contributed by atoms with Gasteiger partial charge in [0.05, 0.1) is 23.5 Å². The van der Waals surface area contributed by atoms with Gasteiger partial charge in [0.15, 0.2) is 0 Å². The van der Waals surface area contributed by atoms with Crippen LogP contribution < -0.4 is 10.6 Å². The molecule has 0 bridgehead atoms. The van der Waals surface area contributed by atoms with Gasteiger partial charge in [-0.25, -0.2) is 9.07 Å². The first-order valence-corrected chi connectivity index (χ1v) is 9.54. The van der Waals surface area contributed by atoms with Crippen LogP contribution in [0.1, 0.15) is 47.9 Å². The van der Waals surface area contributed by atoms with Crippen molar-refractivity contribution in [2.24, 2.45) is 0 Å². The largest absolute Gasteiger partial charge is 0.507 e. The van der Waals surface area contributed by atoms with Crippen molar-refractivity contribution in [2.45, 2.75) is 33.2 Å². The molecule has 156 valence electrons. The Labute approximate surface area is 173 Å². The van der Waals surface area contributed by atoms with Gasteiger partial charge in [0.1, 0.15) is 11.6 Å². The second-order valence-corrected chi connectivity index (χ2v) is 6.90. The van der Waals surface area contributed by atoms with Crippen LogP contribution in [0.4, 0.5) is 10.1 Å². The predicted octanol–water partition coefficient (Wildman–Crippen LogP) is 3.86. The van der Waals surface area contributed by atoms with Crippen molar-refractivity contribution in [3.8, 4) is 11.4 Å². The molecule has 3 aromatic rings. The molecule has 2 aromatic carbocycles. The summed E-state index contributed by atoms with van der Waals surface area (Å²) in [6.07, 6.45) is 1.94. The summed E-state index contributed by atoms with van der Waals surface area (Å²) in [6.45, 7) is 5.38. The number of nitrogens with zero attached hydrogens (tertiary/aromatic N) is 2. The maximum Gasteiger partial charge on any atom is 0.255 e. The second kappa shape index (κ2) is 8.77. The van der Waals surface area contributed by atoms with E-state index in [-0.39, 0.29) is 23.0 Å². The number of nitrogens with one attached hydrogen (secondary N) is 2. The number of halogens is 1. The number of benzene rings is 2. The lowest BCUT2D eigenvalue weighted by Gasteiger charge is -2.15. The van der Waals surface area contributed by atoms with Crippen molar-refractivity contribution in [1.82, 2.24) is 15.1 Å². The standard InChI is InChI=1S/C22H23FN4O3/c1-4-21(29)26-16-7-10-20(28)18(11-16)22(30)25-13(2)19-12-24-27(14(19)3)17-8-5-15(23)6-9-17/h5-13,28H,4H2,1-3H3,(H,25,30)(H,26,29). The molecule has 2 amide bonds. The van der Waals surface area contributed by atoms with Crippen molar-refractivity contribution in [3.05, 3.63) is 71.3 Å². The predicted molar refractivity (Wildman–Crippen MR) is 111 cm³/mol. The third-order valence-corrected chi connectivity index (χ3v) is 4.78. The maximum absolute atomic E-state index is 13.2. The van der Waals surface area contributed by atoms with Crippen LogP contribution in [-0.2, 0) is 4.79 Å². The topological polar surface area (TPSA) is 96.2 Å². The van der Waals surface area contributed by atoms with Crippen molar-refractivity contribution >= 4 is 17.5 Å². The number of hydrogen-bond acceptors (Lipinski definition) is 4. The third kappa shape index (κ3) is 4.48. The van der Waals surface area contributed by atoms with Crippen LogP contribution in [0, 0.1) is 12.7 Å². The Balaban J connectivity index is 1.79. The summed E-state index contributed by atoms with van der Waals surface area (Å²) in [6, 6.07) is 9.87. The number of phenols is 1. The molecule has 0 saturated carbocycles. The normalized spacial score (nSPS) is 11.7. The van der Waals surface area contributed by atoms with Gasteiger partial charge in [-0.15, -0.1) is 0 Å². The molecule has 0 fully saturated rings. The Kier molecular flexibility index (Phi) is 6.15. The number of hydrogen-bond donors (Lipinski definition) is 3. The minimum Gasteiger partial charge on any atom is -0.507 e. The van der Waals surface area contributed by atoms with Crippen molar-refractivity contribution in [1.29, 1.82) is 0 Å². The highest BCUT2D eigenvalue weighted by Gasteiger charge is 2.19. The monoisotopic (exact) mass is 410 g/mol. The Bertz CT molecular complexity index is 1080. The van der Waals surface area contributed by atoms with Crippen LogP contribution in [0.2, 0.25) is 0 Å². The van der Waals surface area contributed by atoms with E-state index in [1.807, 2.05) is 6.92 Å². The van der Waals surface area contributed by atoms with Gasteiger partial charge in [-0.05, 0) is 56.3 Å². The zero-order valence-corrected chi connectivity index (χ0v) is 16.9. The zero-order valence-electron chi connectivity index (χ0n) is 16.9. The molecule has 1 heterocycles. The highest BCUT2D eigenvalue weighted by atomic mass is 19.1. The van der Waals surface area contributed by atoms with E-state index in [1.54, 1.807) is 36.9 Å². The number of amides is 2. The van der Waals surface area contributed by atoms with Crippen LogP contribution in [0.25, 0.3) is 5.69 Å². The highest BCUT2D eigenvalue weighted by molar-refractivity contribution is 5.99. The summed E-state index contributed by atoms with van der Waals surface area (Å²) in [5.41, 5.74) is 2.76. The quantitative estimate of drug-likeness (QED) is 0.538. The van der Waals surface area contributed by atoms with E-state index in [1.165, 1.54) is 30.3 Å². The van der Waals surface area contributed by atoms with Gasteiger partial charge in [-0.2, -0.15) is 5.10 Å². The molecular weight excluding hydrogens is 387 g/mol. The fourth-order valence-electron chi connectivity index (χ4n) is 3.09. The molecule has 3 N–H and O–H groups in total. The summed E-state index contributed by atoms with van der Waals surface area (Å²) < 4.78 is 14.8. The first-order chi connectivity index (χ1) is 14.3. The van der Waals surface area contributed by atoms with Crippen molar-refractivity contribution in [3.63, 3.8) is 0 Å². The van der Waals surface area contributed by atoms with Gasteiger partial charge in [0.25, 0.3) is 5.91 Å². The molecule has 0 aliphatic rings. The Morgan fingerprint density at radius 2 is 1.90 bits per heavy atom. The molecule has 0 spiro atoms. The van der Waals surface area contributed by atoms with Crippen molar-refractivity contribution in [2.75, 3.05) is 5.32 Å². The van der Waals surface area contributed by atoms with E-state index in [4.69, 9.17) is 0 Å². The fourth-order valence-corrected chi connectivity index (χ4v) is 3.09. The van der Waals surface area contributed by atoms with Gasteiger partial charge in [0.2, 0.25) is 5.91 Å². The van der Waals surface area contributed by atoms with Crippen molar-refractivity contribution < 1.29 is 19.1 Å². The van der Waals surface area contributed by atoms with Crippen LogP contribution in [0.5, 0.6) is 5.75 Å². The zero-order chi connectivity index (χ0) is 21.8. The van der Waals surface area contributed by atoms with Crippen LogP contribution in [-0.4, -0.2) is 26.7 Å². The SMILES string of the molecule is CCC(=O)Nc1ccc(O)c(C(=O)NC(C)c2cnn(-c3ccc(F)cc3)c2C)c1. The smallest absolute Gasteiger partial charge is 0.255 e. The molecule has 1 atom stereocenters. The summed E-state index contributed by atoms with van der Waals surface area (Å²) >= 11 is 0. The lowest BCUT2D eigenvalue weighted by molar-refractivity contribution is -0.115. The minimum atomic E-state index is -0.485. The molecule has 0 radical (unpaired) electrons. The van der Waals surface area contributed by atoms with Crippen LogP contribution in [0.3, 0.4) is 0 Å². The summed E-state index contributed by atoms with van der Waals surface area (Å²) in [4.78, 5) is 24.3. The molecule has 30 heavy (non-hydrogen) atoms.